The fraction of sp³-hybridized carbons (Fsp3) is 0.235. The zero-order valence-corrected chi connectivity index (χ0v) is 12.4. The van der Waals surface area contributed by atoms with Gasteiger partial charge in [-0.25, -0.2) is 5.43 Å². The third kappa shape index (κ3) is 3.10. The molecule has 1 heterocycles. The average molecular weight is 297 g/mol. The number of hydrazine groups is 1. The zero-order valence-electron chi connectivity index (χ0n) is 12.4. The molecule has 114 valence electrons. The first kappa shape index (κ1) is 14.6. The first-order valence-corrected chi connectivity index (χ1v) is 7.26. The predicted molar refractivity (Wildman–Crippen MR) is 85.4 cm³/mol. The summed E-state index contributed by atoms with van der Waals surface area (Å²) in [5.74, 6) is 0.535. The van der Waals surface area contributed by atoms with Gasteiger partial charge in [0.1, 0.15) is 5.75 Å². The summed E-state index contributed by atoms with van der Waals surface area (Å²) in [5.41, 5.74) is 8.09. The number of amides is 1. The van der Waals surface area contributed by atoms with Crippen molar-refractivity contribution in [3.05, 3.63) is 60.2 Å². The summed E-state index contributed by atoms with van der Waals surface area (Å²) < 4.78 is 5.18. The van der Waals surface area contributed by atoms with Gasteiger partial charge >= 0.3 is 0 Å². The van der Waals surface area contributed by atoms with E-state index in [0.717, 1.165) is 17.0 Å². The molecule has 22 heavy (non-hydrogen) atoms. The molecule has 0 radical (unpaired) electrons. The van der Waals surface area contributed by atoms with Crippen LogP contribution < -0.4 is 20.9 Å². The average Bonchev–Trinajstić information content (AvgIpc) is 3.05. The zero-order chi connectivity index (χ0) is 15.4. The highest BCUT2D eigenvalue weighted by Gasteiger charge is 2.33. The second-order valence-corrected chi connectivity index (χ2v) is 5.24. The van der Waals surface area contributed by atoms with Gasteiger partial charge in [0.15, 0.2) is 0 Å². The van der Waals surface area contributed by atoms with Crippen molar-refractivity contribution in [2.45, 2.75) is 6.04 Å². The van der Waals surface area contributed by atoms with Gasteiger partial charge in [0.25, 0.3) is 0 Å². The lowest BCUT2D eigenvalue weighted by atomic mass is 9.94. The molecule has 5 heteroatoms. The smallest absolute Gasteiger partial charge is 0.230 e. The van der Waals surface area contributed by atoms with Gasteiger partial charge in [-0.1, -0.05) is 36.4 Å². The summed E-state index contributed by atoms with van der Waals surface area (Å²) in [5, 5.41) is 2.96. The third-order valence-corrected chi connectivity index (χ3v) is 3.81. The van der Waals surface area contributed by atoms with E-state index in [1.807, 2.05) is 54.6 Å². The Morgan fingerprint density at radius 1 is 1.18 bits per heavy atom. The van der Waals surface area contributed by atoms with Gasteiger partial charge in [-0.15, -0.1) is 0 Å². The van der Waals surface area contributed by atoms with Crippen LogP contribution in [-0.4, -0.2) is 19.6 Å². The molecule has 2 atom stereocenters. The van der Waals surface area contributed by atoms with Gasteiger partial charge in [-0.2, -0.15) is 0 Å². The summed E-state index contributed by atoms with van der Waals surface area (Å²) >= 11 is 0. The van der Waals surface area contributed by atoms with Crippen molar-refractivity contribution in [2.75, 3.05) is 19.0 Å². The molecule has 0 aromatic heterocycles. The van der Waals surface area contributed by atoms with E-state index in [0.29, 0.717) is 6.54 Å². The molecule has 1 saturated heterocycles. The van der Waals surface area contributed by atoms with Crippen molar-refractivity contribution in [3.63, 3.8) is 0 Å². The highest BCUT2D eigenvalue weighted by molar-refractivity contribution is 5.93. The topological polar surface area (TPSA) is 62.4 Å². The van der Waals surface area contributed by atoms with Gasteiger partial charge < -0.3 is 10.1 Å². The number of nitrogens with one attached hydrogen (secondary N) is 3. The second kappa shape index (κ2) is 6.60. The summed E-state index contributed by atoms with van der Waals surface area (Å²) in [7, 11) is 1.61. The van der Waals surface area contributed by atoms with E-state index in [1.165, 1.54) is 0 Å². The molecule has 2 aromatic carbocycles. The third-order valence-electron chi connectivity index (χ3n) is 3.81. The maximum Gasteiger partial charge on any atom is 0.230 e. The summed E-state index contributed by atoms with van der Waals surface area (Å²) in [6, 6.07) is 17.3. The van der Waals surface area contributed by atoms with E-state index in [-0.39, 0.29) is 17.9 Å². The van der Waals surface area contributed by atoms with Crippen molar-refractivity contribution in [3.8, 4) is 5.75 Å². The molecule has 1 aliphatic rings. The molecule has 1 fully saturated rings. The normalized spacial score (nSPS) is 20.6. The number of ether oxygens (including phenoxy) is 1. The number of benzene rings is 2. The lowest BCUT2D eigenvalue weighted by Gasteiger charge is -2.18. The van der Waals surface area contributed by atoms with Crippen LogP contribution in [-0.2, 0) is 4.79 Å². The Bertz CT molecular complexity index is 645. The number of carbonyl (C=O) groups is 1. The molecule has 0 bridgehead atoms. The minimum Gasteiger partial charge on any atom is -0.497 e. The molecule has 0 aliphatic carbocycles. The molecule has 0 spiro atoms. The number of hydrogen-bond acceptors (Lipinski definition) is 4. The van der Waals surface area contributed by atoms with E-state index in [2.05, 4.69) is 16.2 Å². The number of anilines is 1. The molecule has 0 saturated carbocycles. The van der Waals surface area contributed by atoms with Gasteiger partial charge in [0, 0.05) is 18.3 Å². The fourth-order valence-corrected chi connectivity index (χ4v) is 2.65. The lowest BCUT2D eigenvalue weighted by Crippen LogP contribution is -2.29. The van der Waals surface area contributed by atoms with E-state index in [4.69, 9.17) is 4.74 Å². The minimum absolute atomic E-state index is 0.0143. The predicted octanol–water partition coefficient (Wildman–Crippen LogP) is 2.10. The largest absolute Gasteiger partial charge is 0.497 e. The van der Waals surface area contributed by atoms with Crippen molar-refractivity contribution in [1.82, 2.24) is 10.9 Å². The summed E-state index contributed by atoms with van der Waals surface area (Å²) in [6.07, 6.45) is 0. The number of carbonyl (C=O) groups excluding carboxylic acids is 1. The number of methoxy groups -OCH3 is 1. The van der Waals surface area contributed by atoms with Crippen LogP contribution in [0.25, 0.3) is 0 Å². The standard InChI is InChI=1S/C17H19N3O2/c1-22-14-9-5-8-13(10-14)19-17(21)15-11-18-20-16(15)12-6-3-2-4-7-12/h2-10,15-16,18,20H,11H2,1H3,(H,19,21). The van der Waals surface area contributed by atoms with E-state index >= 15 is 0 Å². The Hall–Kier alpha value is -2.37. The van der Waals surface area contributed by atoms with Crippen LogP contribution >= 0.6 is 0 Å². The molecular formula is C17H19N3O2. The maximum atomic E-state index is 12.6. The van der Waals surface area contributed by atoms with E-state index in [9.17, 15) is 4.79 Å². The molecule has 3 rings (SSSR count). The van der Waals surface area contributed by atoms with Crippen molar-refractivity contribution < 1.29 is 9.53 Å². The molecule has 2 aromatic rings. The highest BCUT2D eigenvalue weighted by atomic mass is 16.5. The van der Waals surface area contributed by atoms with E-state index < -0.39 is 0 Å². The van der Waals surface area contributed by atoms with Crippen molar-refractivity contribution in [2.24, 2.45) is 5.92 Å². The van der Waals surface area contributed by atoms with Crippen molar-refractivity contribution >= 4 is 11.6 Å². The fourth-order valence-electron chi connectivity index (χ4n) is 2.65. The first-order valence-electron chi connectivity index (χ1n) is 7.26. The molecular weight excluding hydrogens is 278 g/mol. The Balaban J connectivity index is 1.73. The molecule has 1 aliphatic heterocycles. The Labute approximate surface area is 129 Å². The Kier molecular flexibility index (Phi) is 4.37. The monoisotopic (exact) mass is 297 g/mol. The van der Waals surface area contributed by atoms with Crippen LogP contribution in [0.4, 0.5) is 5.69 Å². The summed E-state index contributed by atoms with van der Waals surface area (Å²) in [4.78, 5) is 12.6. The molecule has 1 amide bonds. The van der Waals surface area contributed by atoms with Crippen LogP contribution in [0, 0.1) is 5.92 Å². The number of hydrogen-bond donors (Lipinski definition) is 3. The van der Waals surface area contributed by atoms with E-state index in [1.54, 1.807) is 7.11 Å². The number of rotatable bonds is 4. The van der Waals surface area contributed by atoms with Crippen LogP contribution in [0.2, 0.25) is 0 Å². The Morgan fingerprint density at radius 3 is 2.77 bits per heavy atom. The Morgan fingerprint density at radius 2 is 2.00 bits per heavy atom. The van der Waals surface area contributed by atoms with Crippen LogP contribution in [0.1, 0.15) is 11.6 Å². The second-order valence-electron chi connectivity index (χ2n) is 5.24. The van der Waals surface area contributed by atoms with Gasteiger partial charge in [-0.05, 0) is 17.7 Å². The van der Waals surface area contributed by atoms with Gasteiger partial charge in [0.05, 0.1) is 19.1 Å². The SMILES string of the molecule is COc1cccc(NC(=O)C2CNNC2c2ccccc2)c1. The van der Waals surface area contributed by atoms with Gasteiger partial charge in [0.2, 0.25) is 5.91 Å². The molecule has 5 nitrogen and oxygen atoms in total. The lowest BCUT2D eigenvalue weighted by molar-refractivity contribution is -0.119. The highest BCUT2D eigenvalue weighted by Crippen LogP contribution is 2.26. The van der Waals surface area contributed by atoms with Crippen LogP contribution in [0.3, 0.4) is 0 Å². The van der Waals surface area contributed by atoms with Crippen LogP contribution in [0.5, 0.6) is 5.75 Å². The summed E-state index contributed by atoms with van der Waals surface area (Å²) in [6.45, 7) is 0.593. The minimum atomic E-state index is -0.173. The van der Waals surface area contributed by atoms with Gasteiger partial charge in [-0.3, -0.25) is 10.2 Å². The van der Waals surface area contributed by atoms with Crippen LogP contribution in [0.15, 0.2) is 54.6 Å². The maximum absolute atomic E-state index is 12.6. The quantitative estimate of drug-likeness (QED) is 0.809. The van der Waals surface area contributed by atoms with Crippen molar-refractivity contribution in [1.29, 1.82) is 0 Å². The first-order chi connectivity index (χ1) is 10.8. The molecule has 2 unspecified atom stereocenters. The molecule has 3 N–H and O–H groups in total.